The zero-order valence-electron chi connectivity index (χ0n) is 24.8. The highest BCUT2D eigenvalue weighted by atomic mass is 16.5. The summed E-state index contributed by atoms with van der Waals surface area (Å²) >= 11 is 0. The number of ether oxygens (including phenoxy) is 2. The predicted molar refractivity (Wildman–Crippen MR) is 163 cm³/mol. The van der Waals surface area contributed by atoms with E-state index in [9.17, 15) is 19.2 Å². The van der Waals surface area contributed by atoms with Gasteiger partial charge in [0, 0.05) is 25.3 Å². The van der Waals surface area contributed by atoms with Gasteiger partial charge in [-0.2, -0.15) is 0 Å². The molecule has 2 aromatic heterocycles. The number of aromatic amines is 1. The molecule has 44 heavy (non-hydrogen) atoms. The van der Waals surface area contributed by atoms with Gasteiger partial charge in [0.05, 0.1) is 18.4 Å². The Labute approximate surface area is 253 Å². The minimum Gasteiger partial charge on any atom is -0.465 e. The summed E-state index contributed by atoms with van der Waals surface area (Å²) in [5.74, 6) is 0.775. The maximum absolute atomic E-state index is 13.0. The molecule has 0 atom stereocenters. The monoisotopic (exact) mass is 598 g/mol. The third-order valence-corrected chi connectivity index (χ3v) is 7.69. The zero-order chi connectivity index (χ0) is 31.2. The predicted octanol–water partition coefficient (Wildman–Crippen LogP) is 4.16. The molecular weight excluding hydrogens is 564 g/mol. The molecule has 1 saturated carbocycles. The third kappa shape index (κ3) is 7.20. The lowest BCUT2D eigenvalue weighted by Gasteiger charge is -2.26. The maximum Gasteiger partial charge on any atom is 0.337 e. The van der Waals surface area contributed by atoms with Crippen LogP contribution in [0.1, 0.15) is 53.5 Å². The Morgan fingerprint density at radius 1 is 1.00 bits per heavy atom. The first-order valence-electron chi connectivity index (χ1n) is 14.4. The molecule has 0 radical (unpaired) electrons. The summed E-state index contributed by atoms with van der Waals surface area (Å²) in [6.07, 6.45) is 4.31. The van der Waals surface area contributed by atoms with E-state index in [-0.39, 0.29) is 17.2 Å². The van der Waals surface area contributed by atoms with Gasteiger partial charge in [-0.3, -0.25) is 14.3 Å². The van der Waals surface area contributed by atoms with Crippen LogP contribution in [0, 0.1) is 11.8 Å². The van der Waals surface area contributed by atoms with E-state index in [0.29, 0.717) is 41.1 Å². The maximum atomic E-state index is 13.0. The van der Waals surface area contributed by atoms with Crippen LogP contribution in [-0.2, 0) is 18.3 Å². The highest BCUT2D eigenvalue weighted by Crippen LogP contribution is 2.29. The number of rotatable bonds is 8. The number of nitrogens with one attached hydrogen (secondary N) is 2. The number of aromatic nitrogens is 4. The highest BCUT2D eigenvalue weighted by Gasteiger charge is 2.20. The summed E-state index contributed by atoms with van der Waals surface area (Å²) in [5, 5.41) is 2.73. The highest BCUT2D eigenvalue weighted by molar-refractivity contribution is 6.03. The summed E-state index contributed by atoms with van der Waals surface area (Å²) in [5.41, 5.74) is 0.777. The summed E-state index contributed by atoms with van der Waals surface area (Å²) < 4.78 is 13.2. The van der Waals surface area contributed by atoms with E-state index in [1.807, 2.05) is 0 Å². The SMILES string of the molecule is COC(=O)c1ccc(NC(=O)c2cccc(Oc3ccc(/N=c4\[nH]c(=O)n(C)c(=O)n4C[C@H]4CC[C@H](C)CC4)cc3)n2)cc1. The quantitative estimate of drug-likeness (QED) is 0.289. The Kier molecular flexibility index (Phi) is 9.17. The molecule has 1 fully saturated rings. The van der Waals surface area contributed by atoms with Crippen molar-refractivity contribution in [3.8, 4) is 11.6 Å². The van der Waals surface area contributed by atoms with Gasteiger partial charge in [-0.25, -0.2) is 28.9 Å². The average Bonchev–Trinajstić information content (AvgIpc) is 3.04. The molecule has 1 aliphatic rings. The van der Waals surface area contributed by atoms with Gasteiger partial charge in [-0.05, 0) is 79.3 Å². The second-order valence-corrected chi connectivity index (χ2v) is 10.9. The number of carbonyl (C=O) groups excluding carboxylic acids is 2. The number of hydrogen-bond acceptors (Lipinski definition) is 8. The zero-order valence-corrected chi connectivity index (χ0v) is 24.8. The van der Waals surface area contributed by atoms with Crippen molar-refractivity contribution in [1.82, 2.24) is 19.1 Å². The van der Waals surface area contributed by atoms with Crippen molar-refractivity contribution < 1.29 is 19.1 Å². The van der Waals surface area contributed by atoms with Crippen LogP contribution in [0.2, 0.25) is 0 Å². The number of esters is 1. The molecule has 12 nitrogen and oxygen atoms in total. The third-order valence-electron chi connectivity index (χ3n) is 7.69. The molecule has 5 rings (SSSR count). The molecular formula is C32H34N6O6. The molecule has 0 saturated heterocycles. The van der Waals surface area contributed by atoms with E-state index in [1.165, 1.54) is 14.2 Å². The van der Waals surface area contributed by atoms with Gasteiger partial charge in [-0.1, -0.05) is 25.8 Å². The van der Waals surface area contributed by atoms with Crippen molar-refractivity contribution in [1.29, 1.82) is 0 Å². The molecule has 4 aromatic rings. The Bertz CT molecular complexity index is 1830. The van der Waals surface area contributed by atoms with E-state index in [0.717, 1.165) is 30.3 Å². The molecule has 0 spiro atoms. The smallest absolute Gasteiger partial charge is 0.337 e. The summed E-state index contributed by atoms with van der Waals surface area (Å²) in [7, 11) is 2.75. The molecule has 2 heterocycles. The largest absolute Gasteiger partial charge is 0.465 e. The van der Waals surface area contributed by atoms with Crippen LogP contribution in [-0.4, -0.2) is 38.1 Å². The van der Waals surface area contributed by atoms with Crippen molar-refractivity contribution in [2.75, 3.05) is 12.4 Å². The van der Waals surface area contributed by atoms with Crippen LogP contribution in [0.3, 0.4) is 0 Å². The van der Waals surface area contributed by atoms with E-state index in [4.69, 9.17) is 4.74 Å². The molecule has 12 heteroatoms. The number of H-pyrrole nitrogens is 1. The minimum atomic E-state index is -0.532. The number of pyridine rings is 1. The lowest BCUT2D eigenvalue weighted by molar-refractivity contribution is 0.0600. The molecule has 2 aromatic carbocycles. The van der Waals surface area contributed by atoms with Gasteiger partial charge in [-0.15, -0.1) is 0 Å². The van der Waals surface area contributed by atoms with Crippen LogP contribution < -0.4 is 27.1 Å². The van der Waals surface area contributed by atoms with Crippen LogP contribution in [0.5, 0.6) is 11.6 Å². The number of nitrogens with zero attached hydrogens (tertiary/aromatic N) is 4. The van der Waals surface area contributed by atoms with Gasteiger partial charge in [0.1, 0.15) is 11.4 Å². The second kappa shape index (κ2) is 13.4. The van der Waals surface area contributed by atoms with Crippen LogP contribution in [0.25, 0.3) is 0 Å². The van der Waals surface area contributed by atoms with Crippen molar-refractivity contribution in [2.24, 2.45) is 23.9 Å². The molecule has 228 valence electrons. The van der Waals surface area contributed by atoms with Crippen molar-refractivity contribution >= 4 is 23.3 Å². The lowest BCUT2D eigenvalue weighted by atomic mass is 9.83. The number of anilines is 1. The fraction of sp³-hybridized carbons (Fsp3) is 0.312. The Balaban J connectivity index is 1.30. The molecule has 1 amide bonds. The molecule has 0 unspecified atom stereocenters. The van der Waals surface area contributed by atoms with E-state index < -0.39 is 23.3 Å². The van der Waals surface area contributed by atoms with Crippen LogP contribution >= 0.6 is 0 Å². The fourth-order valence-corrected chi connectivity index (χ4v) is 5.06. The van der Waals surface area contributed by atoms with Crippen LogP contribution in [0.15, 0.2) is 81.3 Å². The Hall–Kier alpha value is -5.26. The lowest BCUT2D eigenvalue weighted by Crippen LogP contribution is -2.49. The normalized spacial score (nSPS) is 16.8. The topological polar surface area (TPSA) is 150 Å². The van der Waals surface area contributed by atoms with Gasteiger partial charge in [0.2, 0.25) is 11.5 Å². The van der Waals surface area contributed by atoms with Gasteiger partial charge < -0.3 is 14.8 Å². The van der Waals surface area contributed by atoms with E-state index in [2.05, 4.69) is 31.9 Å². The first kappa shape index (κ1) is 30.2. The summed E-state index contributed by atoms with van der Waals surface area (Å²) in [6, 6.07) is 17.9. The molecule has 0 bridgehead atoms. The number of amides is 1. The number of carbonyl (C=O) groups is 2. The molecule has 0 aliphatic heterocycles. The standard InChI is InChI=1S/C32H34N6O6/c1-20-7-9-21(10-8-20)19-38-30(36-31(41)37(2)32(38)42)34-24-15-17-25(18-16-24)44-27-6-4-5-26(35-27)28(39)33-23-13-11-22(12-14-23)29(40)43-3/h4-6,11-18,20-21H,7-10,19H2,1-3H3,(H,33,39)(H,34,36,41)/t20-,21-. The number of methoxy groups -OCH3 is 1. The van der Waals surface area contributed by atoms with Gasteiger partial charge in [0.15, 0.2) is 0 Å². The number of hydrogen-bond donors (Lipinski definition) is 2. The average molecular weight is 599 g/mol. The Morgan fingerprint density at radius 3 is 2.39 bits per heavy atom. The fourth-order valence-electron chi connectivity index (χ4n) is 5.06. The van der Waals surface area contributed by atoms with Crippen LogP contribution in [0.4, 0.5) is 11.4 Å². The van der Waals surface area contributed by atoms with E-state index in [1.54, 1.807) is 71.3 Å². The Morgan fingerprint density at radius 2 is 1.70 bits per heavy atom. The summed E-state index contributed by atoms with van der Waals surface area (Å²) in [4.78, 5) is 61.4. The second-order valence-electron chi connectivity index (χ2n) is 10.9. The van der Waals surface area contributed by atoms with Crippen molar-refractivity contribution in [2.45, 2.75) is 39.2 Å². The van der Waals surface area contributed by atoms with Gasteiger partial charge >= 0.3 is 17.3 Å². The minimum absolute atomic E-state index is 0.137. The molecule has 1 aliphatic carbocycles. The molecule has 2 N–H and O–H groups in total. The van der Waals surface area contributed by atoms with Crippen molar-refractivity contribution in [3.63, 3.8) is 0 Å². The number of benzene rings is 2. The first-order chi connectivity index (χ1) is 21.2. The van der Waals surface area contributed by atoms with E-state index >= 15 is 0 Å². The van der Waals surface area contributed by atoms with Gasteiger partial charge in [0.25, 0.3) is 5.91 Å². The first-order valence-corrected chi connectivity index (χ1v) is 14.4. The summed E-state index contributed by atoms with van der Waals surface area (Å²) in [6.45, 7) is 2.74. The van der Waals surface area contributed by atoms with Crippen molar-refractivity contribution in [3.05, 3.63) is 105 Å².